The summed E-state index contributed by atoms with van der Waals surface area (Å²) in [5.41, 5.74) is 2.02. The standard InChI is InChI=1S/C14H24N2O/c1-5-7-12(8-6-2)14(17)10-13-9-11(3)15-16(13)4/h9,12H,5-8,10H2,1-4H3. The van der Waals surface area contributed by atoms with Gasteiger partial charge in [0.15, 0.2) is 0 Å². The van der Waals surface area contributed by atoms with E-state index < -0.39 is 0 Å². The predicted molar refractivity (Wildman–Crippen MR) is 70.0 cm³/mol. The number of carbonyl (C=O) groups excluding carboxylic acids is 1. The fourth-order valence-corrected chi connectivity index (χ4v) is 2.32. The van der Waals surface area contributed by atoms with Crippen LogP contribution in [0.15, 0.2) is 6.07 Å². The summed E-state index contributed by atoms with van der Waals surface area (Å²) < 4.78 is 1.82. The third-order valence-corrected chi connectivity index (χ3v) is 3.18. The van der Waals surface area contributed by atoms with Crippen molar-refractivity contribution in [3.8, 4) is 0 Å². The minimum Gasteiger partial charge on any atom is -0.299 e. The van der Waals surface area contributed by atoms with Gasteiger partial charge in [-0.1, -0.05) is 26.7 Å². The molecule has 0 saturated heterocycles. The van der Waals surface area contributed by atoms with Crippen LogP contribution >= 0.6 is 0 Å². The maximum atomic E-state index is 12.2. The number of rotatable bonds is 7. The molecule has 3 heteroatoms. The Kier molecular flexibility index (Phi) is 5.39. The van der Waals surface area contributed by atoms with Crippen molar-refractivity contribution in [2.75, 3.05) is 0 Å². The van der Waals surface area contributed by atoms with Crippen molar-refractivity contribution in [3.05, 3.63) is 17.5 Å². The van der Waals surface area contributed by atoms with Crippen LogP contribution < -0.4 is 0 Å². The van der Waals surface area contributed by atoms with E-state index in [2.05, 4.69) is 18.9 Å². The molecule has 0 radical (unpaired) electrons. The predicted octanol–water partition coefficient (Wildman–Crippen LogP) is 3.06. The largest absolute Gasteiger partial charge is 0.299 e. The van der Waals surface area contributed by atoms with Gasteiger partial charge in [-0.3, -0.25) is 9.48 Å². The molecule has 0 atom stereocenters. The van der Waals surface area contributed by atoms with Crippen LogP contribution in [0.3, 0.4) is 0 Å². The molecule has 0 N–H and O–H groups in total. The van der Waals surface area contributed by atoms with Gasteiger partial charge in [-0.05, 0) is 25.8 Å². The second-order valence-electron chi connectivity index (χ2n) is 4.82. The quantitative estimate of drug-likeness (QED) is 0.729. The van der Waals surface area contributed by atoms with E-state index in [0.717, 1.165) is 37.1 Å². The van der Waals surface area contributed by atoms with E-state index in [-0.39, 0.29) is 5.92 Å². The van der Waals surface area contributed by atoms with E-state index in [0.29, 0.717) is 12.2 Å². The molecule has 0 saturated carbocycles. The molecule has 0 aliphatic rings. The zero-order chi connectivity index (χ0) is 12.8. The molecule has 0 bridgehead atoms. The van der Waals surface area contributed by atoms with Crippen molar-refractivity contribution in [2.45, 2.75) is 52.9 Å². The molecular weight excluding hydrogens is 212 g/mol. The highest BCUT2D eigenvalue weighted by Gasteiger charge is 2.18. The van der Waals surface area contributed by atoms with Gasteiger partial charge in [0.25, 0.3) is 0 Å². The highest BCUT2D eigenvalue weighted by Crippen LogP contribution is 2.17. The highest BCUT2D eigenvalue weighted by atomic mass is 16.1. The number of hydrogen-bond acceptors (Lipinski definition) is 2. The van der Waals surface area contributed by atoms with E-state index >= 15 is 0 Å². The Morgan fingerprint density at radius 3 is 2.35 bits per heavy atom. The lowest BCUT2D eigenvalue weighted by molar-refractivity contribution is -0.122. The number of Topliss-reactive ketones (excluding diaryl/α,β-unsaturated/α-hetero) is 1. The van der Waals surface area contributed by atoms with Crippen LogP contribution in [0.2, 0.25) is 0 Å². The number of aryl methyl sites for hydroxylation is 2. The zero-order valence-corrected chi connectivity index (χ0v) is 11.5. The van der Waals surface area contributed by atoms with E-state index in [4.69, 9.17) is 0 Å². The normalized spacial score (nSPS) is 11.1. The minimum absolute atomic E-state index is 0.236. The van der Waals surface area contributed by atoms with Gasteiger partial charge in [-0.15, -0.1) is 0 Å². The third kappa shape index (κ3) is 3.99. The molecular formula is C14H24N2O. The molecule has 0 aliphatic carbocycles. The maximum Gasteiger partial charge on any atom is 0.141 e. The maximum absolute atomic E-state index is 12.2. The van der Waals surface area contributed by atoms with Gasteiger partial charge in [0.1, 0.15) is 5.78 Å². The van der Waals surface area contributed by atoms with Crippen molar-refractivity contribution >= 4 is 5.78 Å². The lowest BCUT2D eigenvalue weighted by Crippen LogP contribution is -2.18. The van der Waals surface area contributed by atoms with Gasteiger partial charge in [0, 0.05) is 25.1 Å². The molecule has 1 aromatic heterocycles. The molecule has 0 amide bonds. The Labute approximate surface area is 104 Å². The van der Waals surface area contributed by atoms with Crippen molar-refractivity contribution < 1.29 is 4.79 Å². The van der Waals surface area contributed by atoms with Gasteiger partial charge in [-0.25, -0.2) is 0 Å². The third-order valence-electron chi connectivity index (χ3n) is 3.18. The van der Waals surface area contributed by atoms with Crippen LogP contribution in [0.4, 0.5) is 0 Å². The van der Waals surface area contributed by atoms with Gasteiger partial charge < -0.3 is 0 Å². The second kappa shape index (κ2) is 6.58. The highest BCUT2D eigenvalue weighted by molar-refractivity contribution is 5.82. The minimum atomic E-state index is 0.236. The first-order chi connectivity index (χ1) is 8.08. The van der Waals surface area contributed by atoms with E-state index in [1.54, 1.807) is 0 Å². The van der Waals surface area contributed by atoms with E-state index in [9.17, 15) is 4.79 Å². The lowest BCUT2D eigenvalue weighted by atomic mass is 9.91. The molecule has 96 valence electrons. The van der Waals surface area contributed by atoms with Crippen molar-refractivity contribution in [3.63, 3.8) is 0 Å². The molecule has 17 heavy (non-hydrogen) atoms. The average Bonchev–Trinajstić information content (AvgIpc) is 2.57. The van der Waals surface area contributed by atoms with E-state index in [1.807, 2.05) is 24.7 Å². The Hall–Kier alpha value is -1.12. The molecule has 0 aliphatic heterocycles. The molecule has 1 heterocycles. The fraction of sp³-hybridized carbons (Fsp3) is 0.714. The van der Waals surface area contributed by atoms with Gasteiger partial charge in [-0.2, -0.15) is 5.10 Å². The molecule has 3 nitrogen and oxygen atoms in total. The van der Waals surface area contributed by atoms with Crippen LogP contribution in [0.1, 0.15) is 50.9 Å². The Morgan fingerprint density at radius 2 is 1.94 bits per heavy atom. The molecule has 0 unspecified atom stereocenters. The smallest absolute Gasteiger partial charge is 0.141 e. The first kappa shape index (κ1) is 13.9. The van der Waals surface area contributed by atoms with Crippen LogP contribution in [0.5, 0.6) is 0 Å². The summed E-state index contributed by atoms with van der Waals surface area (Å²) in [6, 6.07) is 2.01. The SMILES string of the molecule is CCCC(CCC)C(=O)Cc1cc(C)nn1C. The molecule has 1 aromatic rings. The van der Waals surface area contributed by atoms with Crippen LogP contribution in [-0.2, 0) is 18.3 Å². The molecule has 0 aromatic carbocycles. The zero-order valence-electron chi connectivity index (χ0n) is 11.5. The molecule has 0 spiro atoms. The summed E-state index contributed by atoms with van der Waals surface area (Å²) in [7, 11) is 1.91. The monoisotopic (exact) mass is 236 g/mol. The number of nitrogens with zero attached hydrogens (tertiary/aromatic N) is 2. The number of ketones is 1. The Morgan fingerprint density at radius 1 is 1.35 bits per heavy atom. The van der Waals surface area contributed by atoms with Gasteiger partial charge in [0.05, 0.1) is 5.69 Å². The Balaban J connectivity index is 2.65. The first-order valence-corrected chi connectivity index (χ1v) is 6.60. The number of carbonyl (C=O) groups is 1. The number of hydrogen-bond donors (Lipinski definition) is 0. The number of aromatic nitrogens is 2. The van der Waals surface area contributed by atoms with Crippen molar-refractivity contribution in [1.82, 2.24) is 9.78 Å². The van der Waals surface area contributed by atoms with E-state index in [1.165, 1.54) is 0 Å². The topological polar surface area (TPSA) is 34.9 Å². The van der Waals surface area contributed by atoms with Crippen molar-refractivity contribution in [1.29, 1.82) is 0 Å². The Bertz CT molecular complexity index is 362. The van der Waals surface area contributed by atoms with Crippen LogP contribution in [0, 0.1) is 12.8 Å². The fourth-order valence-electron chi connectivity index (χ4n) is 2.32. The summed E-state index contributed by atoms with van der Waals surface area (Å²) in [5.74, 6) is 0.608. The summed E-state index contributed by atoms with van der Waals surface area (Å²) in [4.78, 5) is 12.2. The van der Waals surface area contributed by atoms with Crippen LogP contribution in [-0.4, -0.2) is 15.6 Å². The lowest BCUT2D eigenvalue weighted by Gasteiger charge is -2.13. The van der Waals surface area contributed by atoms with Crippen LogP contribution in [0.25, 0.3) is 0 Å². The van der Waals surface area contributed by atoms with Gasteiger partial charge >= 0.3 is 0 Å². The summed E-state index contributed by atoms with van der Waals surface area (Å²) in [5, 5.41) is 4.28. The summed E-state index contributed by atoms with van der Waals surface area (Å²) in [6.07, 6.45) is 4.73. The molecule has 1 rings (SSSR count). The average molecular weight is 236 g/mol. The van der Waals surface area contributed by atoms with Gasteiger partial charge in [0.2, 0.25) is 0 Å². The summed E-state index contributed by atoms with van der Waals surface area (Å²) >= 11 is 0. The first-order valence-electron chi connectivity index (χ1n) is 6.60. The summed E-state index contributed by atoms with van der Waals surface area (Å²) in [6.45, 7) is 6.25. The second-order valence-corrected chi connectivity index (χ2v) is 4.82. The van der Waals surface area contributed by atoms with Crippen molar-refractivity contribution in [2.24, 2.45) is 13.0 Å². The molecule has 0 fully saturated rings.